The van der Waals surface area contributed by atoms with E-state index < -0.39 is 0 Å². The third kappa shape index (κ3) is 4.90. The van der Waals surface area contributed by atoms with Crippen molar-refractivity contribution < 1.29 is 0 Å². The summed E-state index contributed by atoms with van der Waals surface area (Å²) in [6, 6.07) is 5.79. The van der Waals surface area contributed by atoms with E-state index in [1.54, 1.807) is 0 Å². The lowest BCUT2D eigenvalue weighted by Gasteiger charge is -2.50. The number of nitrogens with one attached hydrogen (secondary N) is 1. The standard InChI is InChI=1S/C20H31Cl2N3/c1-2-24-10-12-25(13-11-24)20(8-4-3-5-9-20)16-23-15-17-6-7-18(21)14-19(17)22/h6-7,14,23H,2-5,8-13,15-16H2,1H3. The minimum Gasteiger partial charge on any atom is -0.311 e. The van der Waals surface area contributed by atoms with Crippen LogP contribution in [0.5, 0.6) is 0 Å². The molecular formula is C20H31Cl2N3. The van der Waals surface area contributed by atoms with E-state index >= 15 is 0 Å². The Morgan fingerprint density at radius 1 is 1.04 bits per heavy atom. The van der Waals surface area contributed by atoms with Crippen LogP contribution in [0.2, 0.25) is 10.0 Å². The van der Waals surface area contributed by atoms with Gasteiger partial charge in [-0.2, -0.15) is 0 Å². The summed E-state index contributed by atoms with van der Waals surface area (Å²) in [4.78, 5) is 5.34. The Hall–Kier alpha value is -0.320. The lowest BCUT2D eigenvalue weighted by Crippen LogP contribution is -2.61. The number of hydrogen-bond donors (Lipinski definition) is 1. The summed E-state index contributed by atoms with van der Waals surface area (Å²) in [5.41, 5.74) is 1.46. The van der Waals surface area contributed by atoms with Gasteiger partial charge in [-0.15, -0.1) is 0 Å². The van der Waals surface area contributed by atoms with Crippen molar-refractivity contribution in [3.63, 3.8) is 0 Å². The first-order valence-electron chi connectivity index (χ1n) is 9.75. The van der Waals surface area contributed by atoms with Crippen molar-refractivity contribution in [3.8, 4) is 0 Å². The molecule has 3 nitrogen and oxygen atoms in total. The molecule has 25 heavy (non-hydrogen) atoms. The van der Waals surface area contributed by atoms with Crippen LogP contribution in [0.4, 0.5) is 0 Å². The first-order chi connectivity index (χ1) is 12.1. The van der Waals surface area contributed by atoms with E-state index in [2.05, 4.69) is 22.0 Å². The van der Waals surface area contributed by atoms with Gasteiger partial charge in [-0.1, -0.05) is 55.5 Å². The zero-order chi connectivity index (χ0) is 17.7. The molecule has 140 valence electrons. The number of halogens is 2. The molecule has 1 N–H and O–H groups in total. The molecule has 0 bridgehead atoms. The molecule has 1 aliphatic carbocycles. The molecule has 1 aromatic rings. The predicted octanol–water partition coefficient (Wildman–Crippen LogP) is 4.42. The second-order valence-corrected chi connectivity index (χ2v) is 8.39. The van der Waals surface area contributed by atoms with E-state index in [-0.39, 0.29) is 0 Å². The average molecular weight is 384 g/mol. The van der Waals surface area contributed by atoms with Crippen LogP contribution in [-0.4, -0.2) is 54.6 Å². The van der Waals surface area contributed by atoms with Crippen LogP contribution >= 0.6 is 23.2 Å². The van der Waals surface area contributed by atoms with Crippen molar-refractivity contribution in [1.29, 1.82) is 0 Å². The summed E-state index contributed by atoms with van der Waals surface area (Å²) < 4.78 is 0. The number of nitrogens with zero attached hydrogens (tertiary/aromatic N) is 2. The molecular weight excluding hydrogens is 353 g/mol. The van der Waals surface area contributed by atoms with Gasteiger partial charge in [0.05, 0.1) is 0 Å². The second kappa shape index (κ2) is 9.05. The summed E-state index contributed by atoms with van der Waals surface area (Å²) in [5.74, 6) is 0. The maximum atomic E-state index is 6.33. The highest BCUT2D eigenvalue weighted by molar-refractivity contribution is 6.35. The largest absolute Gasteiger partial charge is 0.311 e. The molecule has 0 aromatic heterocycles. The molecule has 2 fully saturated rings. The molecule has 0 amide bonds. The van der Waals surface area contributed by atoms with Gasteiger partial charge in [0.15, 0.2) is 0 Å². The van der Waals surface area contributed by atoms with Gasteiger partial charge in [-0.05, 0) is 37.1 Å². The Balaban J connectivity index is 1.61. The minimum atomic E-state index is 0.330. The lowest BCUT2D eigenvalue weighted by atomic mass is 9.79. The summed E-state index contributed by atoms with van der Waals surface area (Å²) in [7, 11) is 0. The van der Waals surface area contributed by atoms with Gasteiger partial charge in [0.1, 0.15) is 0 Å². The topological polar surface area (TPSA) is 18.5 Å². The van der Waals surface area contributed by atoms with Crippen molar-refractivity contribution in [3.05, 3.63) is 33.8 Å². The first kappa shape index (κ1) is 19.4. The average Bonchev–Trinajstić information content (AvgIpc) is 2.64. The van der Waals surface area contributed by atoms with Crippen LogP contribution < -0.4 is 5.32 Å². The quantitative estimate of drug-likeness (QED) is 0.783. The number of piperazine rings is 1. The molecule has 0 unspecified atom stereocenters. The molecule has 1 saturated carbocycles. The smallest absolute Gasteiger partial charge is 0.0465 e. The summed E-state index contributed by atoms with van der Waals surface area (Å²) >= 11 is 12.3. The highest BCUT2D eigenvalue weighted by Gasteiger charge is 2.38. The molecule has 3 rings (SSSR count). The number of likely N-dealkylation sites (N-methyl/N-ethyl adjacent to an activating group) is 1. The Kier molecular flexibility index (Phi) is 7.04. The first-order valence-corrected chi connectivity index (χ1v) is 10.5. The molecule has 1 heterocycles. The summed E-state index contributed by atoms with van der Waals surface area (Å²) in [6.07, 6.45) is 6.75. The highest BCUT2D eigenvalue weighted by Crippen LogP contribution is 2.34. The van der Waals surface area contributed by atoms with E-state index in [4.69, 9.17) is 23.2 Å². The van der Waals surface area contributed by atoms with Crippen molar-refractivity contribution in [2.75, 3.05) is 39.3 Å². The number of benzene rings is 1. The normalized spacial score (nSPS) is 22.2. The Bertz CT molecular complexity index is 550. The van der Waals surface area contributed by atoms with Gasteiger partial charge in [0, 0.05) is 54.9 Å². The predicted molar refractivity (Wildman–Crippen MR) is 108 cm³/mol. The fourth-order valence-electron chi connectivity index (χ4n) is 4.45. The van der Waals surface area contributed by atoms with Crippen LogP contribution in [0.25, 0.3) is 0 Å². The molecule has 1 aromatic carbocycles. The van der Waals surface area contributed by atoms with Crippen molar-refractivity contribution in [2.24, 2.45) is 0 Å². The van der Waals surface area contributed by atoms with Gasteiger partial charge >= 0.3 is 0 Å². The fraction of sp³-hybridized carbons (Fsp3) is 0.700. The number of hydrogen-bond acceptors (Lipinski definition) is 3. The van der Waals surface area contributed by atoms with Crippen LogP contribution in [0, 0.1) is 0 Å². The van der Waals surface area contributed by atoms with Crippen LogP contribution in [0.3, 0.4) is 0 Å². The molecule has 1 saturated heterocycles. The molecule has 2 aliphatic rings. The third-order valence-electron chi connectivity index (χ3n) is 6.06. The zero-order valence-corrected chi connectivity index (χ0v) is 16.9. The molecule has 0 atom stereocenters. The fourth-order valence-corrected chi connectivity index (χ4v) is 4.92. The van der Waals surface area contributed by atoms with E-state index in [1.165, 1.54) is 64.8 Å². The maximum Gasteiger partial charge on any atom is 0.0465 e. The molecule has 5 heteroatoms. The van der Waals surface area contributed by atoms with Crippen LogP contribution in [0.15, 0.2) is 18.2 Å². The molecule has 0 spiro atoms. The van der Waals surface area contributed by atoms with E-state index in [0.717, 1.165) is 23.7 Å². The Labute approximate surface area is 162 Å². The lowest BCUT2D eigenvalue weighted by molar-refractivity contribution is 0.00883. The summed E-state index contributed by atoms with van der Waals surface area (Å²) in [5, 5.41) is 5.17. The zero-order valence-electron chi connectivity index (χ0n) is 15.4. The Morgan fingerprint density at radius 3 is 2.40 bits per heavy atom. The highest BCUT2D eigenvalue weighted by atomic mass is 35.5. The van der Waals surface area contributed by atoms with Crippen molar-refractivity contribution in [1.82, 2.24) is 15.1 Å². The van der Waals surface area contributed by atoms with Crippen molar-refractivity contribution >= 4 is 23.2 Å². The monoisotopic (exact) mass is 383 g/mol. The van der Waals surface area contributed by atoms with E-state index in [1.807, 2.05) is 18.2 Å². The second-order valence-electron chi connectivity index (χ2n) is 7.55. The SMILES string of the molecule is CCN1CCN(C2(CNCc3ccc(Cl)cc3Cl)CCCCC2)CC1. The maximum absolute atomic E-state index is 6.33. The van der Waals surface area contributed by atoms with Crippen molar-refractivity contribution in [2.45, 2.75) is 51.1 Å². The minimum absolute atomic E-state index is 0.330. The molecule has 1 aliphatic heterocycles. The number of rotatable bonds is 6. The van der Waals surface area contributed by atoms with Gasteiger partial charge in [0.2, 0.25) is 0 Å². The Morgan fingerprint density at radius 2 is 1.76 bits per heavy atom. The van der Waals surface area contributed by atoms with E-state index in [0.29, 0.717) is 10.6 Å². The molecule has 0 radical (unpaired) electrons. The van der Waals surface area contributed by atoms with Crippen LogP contribution in [-0.2, 0) is 6.54 Å². The third-order valence-corrected chi connectivity index (χ3v) is 6.65. The van der Waals surface area contributed by atoms with Gasteiger partial charge in [-0.25, -0.2) is 0 Å². The van der Waals surface area contributed by atoms with Gasteiger partial charge in [0.25, 0.3) is 0 Å². The van der Waals surface area contributed by atoms with Gasteiger partial charge in [-0.3, -0.25) is 4.90 Å². The van der Waals surface area contributed by atoms with Crippen LogP contribution in [0.1, 0.15) is 44.6 Å². The van der Waals surface area contributed by atoms with E-state index in [9.17, 15) is 0 Å². The van der Waals surface area contributed by atoms with Gasteiger partial charge < -0.3 is 10.2 Å². The summed E-state index contributed by atoms with van der Waals surface area (Å²) in [6.45, 7) is 10.1.